The first kappa shape index (κ1) is 15.0. The van der Waals surface area contributed by atoms with Gasteiger partial charge >= 0.3 is 0 Å². The third-order valence-corrected chi connectivity index (χ3v) is 5.56. The molecule has 2 fully saturated rings. The van der Waals surface area contributed by atoms with Gasteiger partial charge < -0.3 is 14.6 Å². The molecular formula is C16H27N3O2. The van der Waals surface area contributed by atoms with E-state index in [9.17, 15) is 0 Å². The van der Waals surface area contributed by atoms with Crippen molar-refractivity contribution in [2.24, 2.45) is 5.92 Å². The Bertz CT molecular complexity index is 472. The van der Waals surface area contributed by atoms with Crippen LogP contribution in [0.4, 0.5) is 0 Å². The summed E-state index contributed by atoms with van der Waals surface area (Å²) in [6.45, 7) is 5.50. The van der Waals surface area contributed by atoms with Crippen molar-refractivity contribution in [3.8, 4) is 0 Å². The Balaban J connectivity index is 1.86. The third-order valence-electron chi connectivity index (χ3n) is 5.56. The van der Waals surface area contributed by atoms with Crippen molar-refractivity contribution in [1.29, 1.82) is 0 Å². The predicted octanol–water partition coefficient (Wildman–Crippen LogP) is 3.11. The lowest BCUT2D eigenvalue weighted by Gasteiger charge is -2.35. The van der Waals surface area contributed by atoms with Crippen LogP contribution in [0.3, 0.4) is 0 Å². The summed E-state index contributed by atoms with van der Waals surface area (Å²) in [7, 11) is 1.77. The fourth-order valence-electron chi connectivity index (χ4n) is 3.79. The SMILES string of the molecule is CCC1(c2nc(C3(OC)CCC(C)CC3)no2)CCCN1. The van der Waals surface area contributed by atoms with Gasteiger partial charge in [-0.3, -0.25) is 0 Å². The molecule has 1 aromatic heterocycles. The van der Waals surface area contributed by atoms with Crippen molar-refractivity contribution in [2.45, 2.75) is 69.9 Å². The Kier molecular flexibility index (Phi) is 4.06. The second kappa shape index (κ2) is 5.69. The zero-order chi connectivity index (χ0) is 14.9. The maximum absolute atomic E-state index is 5.85. The first-order chi connectivity index (χ1) is 10.1. The van der Waals surface area contributed by atoms with Gasteiger partial charge in [-0.2, -0.15) is 4.98 Å². The van der Waals surface area contributed by atoms with Crippen molar-refractivity contribution in [3.63, 3.8) is 0 Å². The van der Waals surface area contributed by atoms with E-state index in [4.69, 9.17) is 14.2 Å². The van der Waals surface area contributed by atoms with Crippen LogP contribution in [0.2, 0.25) is 0 Å². The van der Waals surface area contributed by atoms with E-state index in [0.29, 0.717) is 0 Å². The Morgan fingerprint density at radius 2 is 2.10 bits per heavy atom. The number of hydrogen-bond acceptors (Lipinski definition) is 5. The van der Waals surface area contributed by atoms with E-state index >= 15 is 0 Å². The first-order valence-electron chi connectivity index (χ1n) is 8.29. The summed E-state index contributed by atoms with van der Waals surface area (Å²) in [5, 5.41) is 7.85. The van der Waals surface area contributed by atoms with E-state index in [1.165, 1.54) is 6.42 Å². The van der Waals surface area contributed by atoms with Crippen molar-refractivity contribution >= 4 is 0 Å². The molecule has 1 atom stereocenters. The molecule has 2 heterocycles. The Hall–Kier alpha value is -0.940. The average Bonchev–Trinajstić information content (AvgIpc) is 3.18. The number of rotatable bonds is 4. The zero-order valence-corrected chi connectivity index (χ0v) is 13.4. The molecule has 2 aliphatic rings. The number of hydrogen-bond donors (Lipinski definition) is 1. The standard InChI is InChI=1S/C16H27N3O2/c1-4-15(8-5-11-17-15)14-18-13(19-21-14)16(20-3)9-6-12(2)7-10-16/h12,17H,4-11H2,1-3H3. The topological polar surface area (TPSA) is 60.2 Å². The molecule has 1 aliphatic heterocycles. The van der Waals surface area contributed by atoms with Crippen LogP contribution in [-0.2, 0) is 15.9 Å². The van der Waals surface area contributed by atoms with E-state index in [0.717, 1.165) is 62.7 Å². The molecule has 118 valence electrons. The Morgan fingerprint density at radius 1 is 1.33 bits per heavy atom. The normalized spacial score (nSPS) is 37.0. The largest absolute Gasteiger partial charge is 0.370 e. The fourth-order valence-corrected chi connectivity index (χ4v) is 3.79. The number of aromatic nitrogens is 2. The maximum Gasteiger partial charge on any atom is 0.247 e. The van der Waals surface area contributed by atoms with Crippen molar-refractivity contribution in [2.75, 3.05) is 13.7 Å². The van der Waals surface area contributed by atoms with Crippen molar-refractivity contribution in [3.05, 3.63) is 11.7 Å². The van der Waals surface area contributed by atoms with Gasteiger partial charge in [0, 0.05) is 7.11 Å². The van der Waals surface area contributed by atoms with Gasteiger partial charge in [0.25, 0.3) is 0 Å². The minimum absolute atomic E-state index is 0.123. The number of methoxy groups -OCH3 is 1. The number of nitrogens with zero attached hydrogens (tertiary/aromatic N) is 2. The molecule has 1 aromatic rings. The summed E-state index contributed by atoms with van der Waals surface area (Å²) in [6, 6.07) is 0. The van der Waals surface area contributed by atoms with Gasteiger partial charge in [0.05, 0.1) is 5.54 Å². The molecule has 21 heavy (non-hydrogen) atoms. The van der Waals surface area contributed by atoms with Gasteiger partial charge in [-0.15, -0.1) is 0 Å². The van der Waals surface area contributed by atoms with Gasteiger partial charge in [-0.1, -0.05) is 19.0 Å². The zero-order valence-electron chi connectivity index (χ0n) is 13.4. The van der Waals surface area contributed by atoms with Gasteiger partial charge in [0.1, 0.15) is 5.60 Å². The van der Waals surface area contributed by atoms with Crippen molar-refractivity contribution < 1.29 is 9.26 Å². The monoisotopic (exact) mass is 293 g/mol. The molecule has 1 unspecified atom stereocenters. The van der Waals surface area contributed by atoms with Gasteiger partial charge in [0.15, 0.2) is 0 Å². The maximum atomic E-state index is 5.85. The fraction of sp³-hybridized carbons (Fsp3) is 0.875. The van der Waals surface area contributed by atoms with Crippen LogP contribution in [0.5, 0.6) is 0 Å². The summed E-state index contributed by atoms with van der Waals surface area (Å²) >= 11 is 0. The molecule has 0 radical (unpaired) electrons. The molecule has 5 heteroatoms. The predicted molar refractivity (Wildman–Crippen MR) is 79.8 cm³/mol. The number of nitrogens with one attached hydrogen (secondary N) is 1. The van der Waals surface area contributed by atoms with Crippen LogP contribution in [-0.4, -0.2) is 23.8 Å². The van der Waals surface area contributed by atoms with E-state index in [-0.39, 0.29) is 11.1 Å². The Labute approximate surface area is 126 Å². The molecule has 1 N–H and O–H groups in total. The van der Waals surface area contributed by atoms with E-state index in [1.807, 2.05) is 0 Å². The van der Waals surface area contributed by atoms with E-state index < -0.39 is 0 Å². The smallest absolute Gasteiger partial charge is 0.247 e. The molecule has 1 saturated carbocycles. The second-order valence-electron chi connectivity index (χ2n) is 6.77. The second-order valence-corrected chi connectivity index (χ2v) is 6.77. The van der Waals surface area contributed by atoms with Crippen LogP contribution >= 0.6 is 0 Å². The molecule has 0 spiro atoms. The van der Waals surface area contributed by atoms with Crippen molar-refractivity contribution in [1.82, 2.24) is 15.5 Å². The summed E-state index contributed by atoms with van der Waals surface area (Å²) in [5.74, 6) is 2.25. The molecule has 0 bridgehead atoms. The van der Waals surface area contributed by atoms with E-state index in [1.54, 1.807) is 7.11 Å². The van der Waals surface area contributed by atoms with Crippen LogP contribution in [0.25, 0.3) is 0 Å². The van der Waals surface area contributed by atoms with Crippen LogP contribution < -0.4 is 5.32 Å². The van der Waals surface area contributed by atoms with Gasteiger partial charge in [0.2, 0.25) is 11.7 Å². The summed E-state index contributed by atoms with van der Waals surface area (Å²) in [6.07, 6.45) is 7.50. The minimum Gasteiger partial charge on any atom is -0.370 e. The molecule has 3 rings (SSSR count). The highest BCUT2D eigenvalue weighted by molar-refractivity contribution is 5.10. The molecule has 1 aliphatic carbocycles. The van der Waals surface area contributed by atoms with E-state index in [2.05, 4.69) is 24.3 Å². The number of ether oxygens (including phenoxy) is 1. The average molecular weight is 293 g/mol. The molecule has 5 nitrogen and oxygen atoms in total. The molecule has 0 amide bonds. The summed E-state index contributed by atoms with van der Waals surface area (Å²) in [4.78, 5) is 4.76. The van der Waals surface area contributed by atoms with Gasteiger partial charge in [-0.05, 0) is 57.4 Å². The third kappa shape index (κ3) is 2.50. The lowest BCUT2D eigenvalue weighted by Crippen LogP contribution is -2.37. The molecule has 1 saturated heterocycles. The highest BCUT2D eigenvalue weighted by Crippen LogP contribution is 2.42. The summed E-state index contributed by atoms with van der Waals surface area (Å²) in [5.41, 5.74) is -0.468. The molecule has 0 aromatic carbocycles. The minimum atomic E-state index is -0.345. The quantitative estimate of drug-likeness (QED) is 0.924. The summed E-state index contributed by atoms with van der Waals surface area (Å²) < 4.78 is 11.5. The van der Waals surface area contributed by atoms with Crippen LogP contribution in [0.15, 0.2) is 4.52 Å². The lowest BCUT2D eigenvalue weighted by atomic mass is 9.79. The highest BCUT2D eigenvalue weighted by atomic mass is 16.5. The highest BCUT2D eigenvalue weighted by Gasteiger charge is 2.44. The van der Waals surface area contributed by atoms with Crippen LogP contribution in [0, 0.1) is 5.92 Å². The molecular weight excluding hydrogens is 266 g/mol. The van der Waals surface area contributed by atoms with Crippen LogP contribution in [0.1, 0.15) is 70.5 Å². The van der Waals surface area contributed by atoms with Gasteiger partial charge in [-0.25, -0.2) is 0 Å². The Morgan fingerprint density at radius 3 is 2.67 bits per heavy atom. The first-order valence-corrected chi connectivity index (χ1v) is 8.29. The lowest BCUT2D eigenvalue weighted by molar-refractivity contribution is -0.0609.